The van der Waals surface area contributed by atoms with Crippen molar-refractivity contribution in [2.24, 2.45) is 0 Å². The fourth-order valence-electron chi connectivity index (χ4n) is 3.28. The van der Waals surface area contributed by atoms with Crippen LogP contribution in [-0.2, 0) is 14.8 Å². The molecule has 1 fully saturated rings. The molecule has 1 aliphatic rings. The average molecular weight is 407 g/mol. The third kappa shape index (κ3) is 4.34. The number of rotatable bonds is 5. The van der Waals surface area contributed by atoms with E-state index in [-0.39, 0.29) is 16.8 Å². The Morgan fingerprint density at radius 1 is 1.15 bits per heavy atom. The van der Waals surface area contributed by atoms with Gasteiger partial charge >= 0.3 is 0 Å². The van der Waals surface area contributed by atoms with Gasteiger partial charge in [-0.2, -0.15) is 4.31 Å². The zero-order valence-corrected chi connectivity index (χ0v) is 16.9. The van der Waals surface area contributed by atoms with Crippen LogP contribution in [0.4, 0.5) is 0 Å². The van der Waals surface area contributed by atoms with Crippen LogP contribution in [-0.4, -0.2) is 31.2 Å². The van der Waals surface area contributed by atoms with E-state index in [0.29, 0.717) is 24.4 Å². The monoisotopic (exact) mass is 406 g/mol. The third-order valence-electron chi connectivity index (χ3n) is 4.86. The molecule has 2 aromatic carbocycles. The van der Waals surface area contributed by atoms with Gasteiger partial charge in [0.25, 0.3) is 0 Å². The van der Waals surface area contributed by atoms with E-state index in [0.717, 1.165) is 11.1 Å². The van der Waals surface area contributed by atoms with Gasteiger partial charge in [-0.3, -0.25) is 4.79 Å². The molecule has 1 aliphatic heterocycles. The molecule has 5 nitrogen and oxygen atoms in total. The van der Waals surface area contributed by atoms with Crippen molar-refractivity contribution in [3.05, 3.63) is 64.7 Å². The standard InChI is InChI=1S/C20H23ClN2O3S/c1-14-5-7-16(8-6-14)15(2)22-20(24)19-4-3-13-23(19)27(25,26)18-11-9-17(21)10-12-18/h5-12,15,19H,3-4,13H2,1-2H3,(H,22,24)/t15-,19+/m1/s1. The zero-order chi connectivity index (χ0) is 19.6. The number of nitrogens with one attached hydrogen (secondary N) is 1. The number of amides is 1. The predicted molar refractivity (Wildman–Crippen MR) is 106 cm³/mol. The van der Waals surface area contributed by atoms with Gasteiger partial charge < -0.3 is 5.32 Å². The van der Waals surface area contributed by atoms with E-state index in [2.05, 4.69) is 5.32 Å². The first-order valence-electron chi connectivity index (χ1n) is 8.93. The highest BCUT2D eigenvalue weighted by Gasteiger charge is 2.39. The fourth-order valence-corrected chi connectivity index (χ4v) is 5.06. The Hall–Kier alpha value is -1.89. The number of nitrogens with zero attached hydrogens (tertiary/aromatic N) is 1. The largest absolute Gasteiger partial charge is 0.348 e. The maximum absolute atomic E-state index is 13.0. The van der Waals surface area contributed by atoms with Crippen molar-refractivity contribution in [1.29, 1.82) is 0 Å². The summed E-state index contributed by atoms with van der Waals surface area (Å²) in [6.45, 7) is 4.24. The van der Waals surface area contributed by atoms with Gasteiger partial charge in [0.05, 0.1) is 10.9 Å². The van der Waals surface area contributed by atoms with Crippen LogP contribution in [0.25, 0.3) is 0 Å². The molecule has 0 unspecified atom stereocenters. The number of hydrogen-bond acceptors (Lipinski definition) is 3. The molecule has 3 rings (SSSR count). The molecule has 1 heterocycles. The van der Waals surface area contributed by atoms with Gasteiger partial charge in [0, 0.05) is 11.6 Å². The summed E-state index contributed by atoms with van der Waals surface area (Å²) in [7, 11) is -3.74. The normalized spacial score (nSPS) is 19.0. The lowest BCUT2D eigenvalue weighted by atomic mass is 10.1. The lowest BCUT2D eigenvalue weighted by Gasteiger charge is -2.25. The lowest BCUT2D eigenvalue weighted by Crippen LogP contribution is -2.46. The van der Waals surface area contributed by atoms with Crippen molar-refractivity contribution in [3.8, 4) is 0 Å². The predicted octanol–water partition coefficient (Wildman–Crippen LogP) is 3.68. The lowest BCUT2D eigenvalue weighted by molar-refractivity contribution is -0.124. The topological polar surface area (TPSA) is 66.5 Å². The van der Waals surface area contributed by atoms with Gasteiger partial charge in [-0.1, -0.05) is 41.4 Å². The highest BCUT2D eigenvalue weighted by atomic mass is 35.5. The molecule has 0 saturated carbocycles. The first kappa shape index (κ1) is 19.9. The Labute approximate surface area is 165 Å². The summed E-state index contributed by atoms with van der Waals surface area (Å²) < 4.78 is 27.2. The number of carbonyl (C=O) groups is 1. The van der Waals surface area contributed by atoms with Crippen LogP contribution in [0.2, 0.25) is 5.02 Å². The van der Waals surface area contributed by atoms with Crippen LogP contribution in [0.3, 0.4) is 0 Å². The second-order valence-electron chi connectivity index (χ2n) is 6.87. The SMILES string of the molecule is Cc1ccc([C@@H](C)NC(=O)[C@@H]2CCCN2S(=O)(=O)c2ccc(Cl)cc2)cc1. The minimum absolute atomic E-state index is 0.151. The molecule has 0 aliphatic carbocycles. The number of sulfonamides is 1. The molecule has 0 aromatic heterocycles. The molecule has 1 amide bonds. The molecule has 144 valence electrons. The van der Waals surface area contributed by atoms with Gasteiger partial charge in [0.2, 0.25) is 15.9 Å². The molecular weight excluding hydrogens is 384 g/mol. The summed E-state index contributed by atoms with van der Waals surface area (Å²) in [5.74, 6) is -0.266. The van der Waals surface area contributed by atoms with Crippen LogP contribution in [0.1, 0.15) is 36.9 Å². The Morgan fingerprint density at radius 2 is 1.78 bits per heavy atom. The number of halogens is 1. The first-order chi connectivity index (χ1) is 12.8. The Morgan fingerprint density at radius 3 is 2.41 bits per heavy atom. The average Bonchev–Trinajstić information content (AvgIpc) is 3.13. The van der Waals surface area contributed by atoms with E-state index in [1.807, 2.05) is 38.1 Å². The van der Waals surface area contributed by atoms with Crippen LogP contribution in [0.15, 0.2) is 53.4 Å². The first-order valence-corrected chi connectivity index (χ1v) is 10.7. The van der Waals surface area contributed by atoms with Crippen molar-refractivity contribution in [2.45, 2.75) is 43.7 Å². The van der Waals surface area contributed by atoms with Crippen molar-refractivity contribution < 1.29 is 13.2 Å². The number of hydrogen-bond donors (Lipinski definition) is 1. The molecule has 0 radical (unpaired) electrons. The van der Waals surface area contributed by atoms with E-state index in [4.69, 9.17) is 11.6 Å². The summed E-state index contributed by atoms with van der Waals surface area (Å²) in [4.78, 5) is 13.0. The van der Waals surface area contributed by atoms with Gasteiger partial charge in [0.15, 0.2) is 0 Å². The molecule has 1 saturated heterocycles. The molecule has 2 atom stereocenters. The summed E-state index contributed by atoms with van der Waals surface area (Å²) in [5, 5.41) is 3.42. The summed E-state index contributed by atoms with van der Waals surface area (Å²) in [5.41, 5.74) is 2.13. The molecule has 27 heavy (non-hydrogen) atoms. The minimum Gasteiger partial charge on any atom is -0.348 e. The van der Waals surface area contributed by atoms with Gasteiger partial charge in [-0.05, 0) is 56.5 Å². The quantitative estimate of drug-likeness (QED) is 0.823. The Balaban J connectivity index is 1.76. The van der Waals surface area contributed by atoms with Crippen LogP contribution in [0.5, 0.6) is 0 Å². The molecule has 0 bridgehead atoms. The second kappa shape index (κ2) is 8.00. The molecular formula is C20H23ClN2O3S. The van der Waals surface area contributed by atoms with Crippen LogP contribution < -0.4 is 5.32 Å². The summed E-state index contributed by atoms with van der Waals surface area (Å²) in [6, 6.07) is 13.1. The summed E-state index contributed by atoms with van der Waals surface area (Å²) >= 11 is 5.85. The molecule has 2 aromatic rings. The van der Waals surface area contributed by atoms with Crippen molar-refractivity contribution in [1.82, 2.24) is 9.62 Å². The van der Waals surface area contributed by atoms with Crippen LogP contribution >= 0.6 is 11.6 Å². The molecule has 1 N–H and O–H groups in total. The van der Waals surface area contributed by atoms with E-state index < -0.39 is 16.1 Å². The second-order valence-corrected chi connectivity index (χ2v) is 9.20. The van der Waals surface area contributed by atoms with Gasteiger partial charge in [-0.25, -0.2) is 8.42 Å². The van der Waals surface area contributed by atoms with E-state index in [1.165, 1.54) is 16.4 Å². The number of aryl methyl sites for hydroxylation is 1. The van der Waals surface area contributed by atoms with Crippen molar-refractivity contribution in [3.63, 3.8) is 0 Å². The van der Waals surface area contributed by atoms with E-state index >= 15 is 0 Å². The van der Waals surface area contributed by atoms with E-state index in [9.17, 15) is 13.2 Å². The smallest absolute Gasteiger partial charge is 0.243 e. The van der Waals surface area contributed by atoms with Crippen molar-refractivity contribution >= 4 is 27.5 Å². The third-order valence-corrected chi connectivity index (χ3v) is 7.04. The summed E-state index contributed by atoms with van der Waals surface area (Å²) in [6.07, 6.45) is 1.17. The highest BCUT2D eigenvalue weighted by Crippen LogP contribution is 2.27. The zero-order valence-electron chi connectivity index (χ0n) is 15.4. The van der Waals surface area contributed by atoms with E-state index in [1.54, 1.807) is 12.1 Å². The van der Waals surface area contributed by atoms with Crippen molar-refractivity contribution in [2.75, 3.05) is 6.54 Å². The van der Waals surface area contributed by atoms with Gasteiger partial charge in [-0.15, -0.1) is 0 Å². The Kier molecular flexibility index (Phi) is 5.89. The molecule has 0 spiro atoms. The Bertz CT molecular complexity index is 911. The number of carbonyl (C=O) groups excluding carboxylic acids is 1. The maximum atomic E-state index is 13.0. The number of benzene rings is 2. The van der Waals surface area contributed by atoms with Gasteiger partial charge in [0.1, 0.15) is 6.04 Å². The fraction of sp³-hybridized carbons (Fsp3) is 0.350. The maximum Gasteiger partial charge on any atom is 0.243 e. The van der Waals surface area contributed by atoms with Crippen LogP contribution in [0, 0.1) is 6.92 Å². The highest BCUT2D eigenvalue weighted by molar-refractivity contribution is 7.89. The molecule has 7 heteroatoms. The minimum atomic E-state index is -3.74.